The molecule has 0 radical (unpaired) electrons. The van der Waals surface area contributed by atoms with Gasteiger partial charge in [0.2, 0.25) is 0 Å². The van der Waals surface area contributed by atoms with Crippen molar-refractivity contribution in [3.8, 4) is 0 Å². The fraction of sp³-hybridized carbons (Fsp3) is 0.312. The number of rotatable bonds is 5. The summed E-state index contributed by atoms with van der Waals surface area (Å²) < 4.78 is 22.7. The van der Waals surface area contributed by atoms with Crippen molar-refractivity contribution in [3.63, 3.8) is 0 Å². The van der Waals surface area contributed by atoms with Crippen molar-refractivity contribution < 1.29 is 13.2 Å². The van der Waals surface area contributed by atoms with Gasteiger partial charge in [0.15, 0.2) is 9.84 Å². The Labute approximate surface area is 135 Å². The largest absolute Gasteiger partial charge is 0.321 e. The van der Waals surface area contributed by atoms with E-state index < -0.39 is 9.84 Å². The van der Waals surface area contributed by atoms with Gasteiger partial charge in [0.1, 0.15) is 0 Å². The van der Waals surface area contributed by atoms with Gasteiger partial charge >= 0.3 is 0 Å². The minimum atomic E-state index is -3.09. The van der Waals surface area contributed by atoms with E-state index in [1.807, 2.05) is 25.3 Å². The zero-order chi connectivity index (χ0) is 16.3. The van der Waals surface area contributed by atoms with E-state index in [1.165, 1.54) is 17.6 Å². The first-order valence-corrected chi connectivity index (χ1v) is 9.85. The first-order chi connectivity index (χ1) is 10.3. The quantitative estimate of drug-likeness (QED) is 0.905. The summed E-state index contributed by atoms with van der Waals surface area (Å²) in [6, 6.07) is 8.90. The molecule has 0 spiro atoms. The van der Waals surface area contributed by atoms with E-state index in [1.54, 1.807) is 24.3 Å². The van der Waals surface area contributed by atoms with Crippen LogP contribution in [0.3, 0.4) is 0 Å². The normalized spacial score (nSPS) is 11.6. The Balaban J connectivity index is 2.18. The minimum Gasteiger partial charge on any atom is -0.321 e. The Morgan fingerprint density at radius 3 is 2.64 bits per heavy atom. The Bertz CT molecular complexity index is 776. The molecule has 0 bridgehead atoms. The third-order valence-corrected chi connectivity index (χ3v) is 4.92. The monoisotopic (exact) mass is 337 g/mol. The van der Waals surface area contributed by atoms with Crippen LogP contribution in [0.25, 0.3) is 0 Å². The van der Waals surface area contributed by atoms with Crippen molar-refractivity contribution in [3.05, 3.63) is 51.7 Å². The van der Waals surface area contributed by atoms with Gasteiger partial charge in [-0.05, 0) is 40.6 Å². The van der Waals surface area contributed by atoms with Gasteiger partial charge in [-0.3, -0.25) is 4.79 Å². The number of carbonyl (C=O) groups excluding carboxylic acids is 1. The zero-order valence-electron chi connectivity index (χ0n) is 12.8. The van der Waals surface area contributed by atoms with Crippen LogP contribution in [0.15, 0.2) is 35.7 Å². The van der Waals surface area contributed by atoms with Gasteiger partial charge < -0.3 is 5.32 Å². The fourth-order valence-corrected chi connectivity index (χ4v) is 3.92. The number of carbonyl (C=O) groups is 1. The van der Waals surface area contributed by atoms with Crippen LogP contribution in [0.2, 0.25) is 0 Å². The number of anilines is 1. The van der Waals surface area contributed by atoms with Crippen molar-refractivity contribution in [1.29, 1.82) is 0 Å². The molecule has 22 heavy (non-hydrogen) atoms. The number of hydrogen-bond acceptors (Lipinski definition) is 4. The molecular weight excluding hydrogens is 318 g/mol. The van der Waals surface area contributed by atoms with Crippen molar-refractivity contribution >= 4 is 32.8 Å². The number of amides is 1. The van der Waals surface area contributed by atoms with Gasteiger partial charge in [0.25, 0.3) is 5.91 Å². The number of sulfone groups is 1. The molecule has 118 valence electrons. The summed E-state index contributed by atoms with van der Waals surface area (Å²) in [4.78, 5) is 13.1. The van der Waals surface area contributed by atoms with Crippen molar-refractivity contribution in [2.45, 2.75) is 25.5 Å². The molecular formula is C16H19NO3S2. The molecule has 1 aromatic carbocycles. The van der Waals surface area contributed by atoms with Crippen molar-refractivity contribution in [2.75, 3.05) is 11.6 Å². The molecule has 2 aromatic rings. The van der Waals surface area contributed by atoms with Gasteiger partial charge in [-0.2, -0.15) is 0 Å². The standard InChI is InChI=1S/C16H19NO3S2/c1-11(2)14-7-8-21-15(14)16(18)17-13-6-4-5-12(9-13)10-22(3,19)20/h4-9,11H,10H2,1-3H3,(H,17,18). The molecule has 0 fully saturated rings. The number of thiophene rings is 1. The number of hydrogen-bond donors (Lipinski definition) is 1. The summed E-state index contributed by atoms with van der Waals surface area (Å²) in [7, 11) is -3.09. The predicted octanol–water partition coefficient (Wildman–Crippen LogP) is 3.67. The smallest absolute Gasteiger partial charge is 0.266 e. The van der Waals surface area contributed by atoms with Crippen LogP contribution in [0.4, 0.5) is 5.69 Å². The molecule has 0 saturated carbocycles. The Morgan fingerprint density at radius 2 is 2.00 bits per heavy atom. The van der Waals surface area contributed by atoms with Crippen LogP contribution in [0.5, 0.6) is 0 Å². The molecule has 0 aliphatic carbocycles. The van der Waals surface area contributed by atoms with E-state index in [0.717, 1.165) is 5.56 Å². The van der Waals surface area contributed by atoms with E-state index >= 15 is 0 Å². The molecule has 0 unspecified atom stereocenters. The fourth-order valence-electron chi connectivity index (χ4n) is 2.19. The number of benzene rings is 1. The minimum absolute atomic E-state index is 0.0348. The van der Waals surface area contributed by atoms with E-state index in [9.17, 15) is 13.2 Å². The van der Waals surface area contributed by atoms with Crippen LogP contribution in [-0.4, -0.2) is 20.6 Å². The summed E-state index contributed by atoms with van der Waals surface area (Å²) in [6.07, 6.45) is 1.19. The lowest BCUT2D eigenvalue weighted by molar-refractivity contribution is 0.102. The molecule has 0 saturated heterocycles. The SMILES string of the molecule is CC(C)c1ccsc1C(=O)Nc1cccc(CS(C)(=O)=O)c1. The van der Waals surface area contributed by atoms with E-state index in [2.05, 4.69) is 5.32 Å². The summed E-state index contributed by atoms with van der Waals surface area (Å²) >= 11 is 1.41. The topological polar surface area (TPSA) is 63.2 Å². The lowest BCUT2D eigenvalue weighted by atomic mass is 10.0. The first-order valence-electron chi connectivity index (χ1n) is 6.91. The van der Waals surface area contributed by atoms with E-state index in [-0.39, 0.29) is 17.6 Å². The lowest BCUT2D eigenvalue weighted by Crippen LogP contribution is -2.13. The van der Waals surface area contributed by atoms with Crippen molar-refractivity contribution in [1.82, 2.24) is 0 Å². The van der Waals surface area contributed by atoms with E-state index in [4.69, 9.17) is 0 Å². The molecule has 2 rings (SSSR count). The summed E-state index contributed by atoms with van der Waals surface area (Å²) in [5.41, 5.74) is 2.29. The first kappa shape index (κ1) is 16.7. The molecule has 0 atom stereocenters. The predicted molar refractivity (Wildman–Crippen MR) is 91.4 cm³/mol. The molecule has 1 N–H and O–H groups in total. The third kappa shape index (κ3) is 4.42. The molecule has 1 aromatic heterocycles. The highest BCUT2D eigenvalue weighted by Gasteiger charge is 2.15. The van der Waals surface area contributed by atoms with Gasteiger partial charge in [0.05, 0.1) is 10.6 Å². The second-order valence-corrected chi connectivity index (χ2v) is 8.64. The highest BCUT2D eigenvalue weighted by atomic mass is 32.2. The molecule has 6 heteroatoms. The lowest BCUT2D eigenvalue weighted by Gasteiger charge is -2.09. The summed E-state index contributed by atoms with van der Waals surface area (Å²) in [6.45, 7) is 4.09. The van der Waals surface area contributed by atoms with Gasteiger partial charge in [-0.1, -0.05) is 26.0 Å². The van der Waals surface area contributed by atoms with Crippen molar-refractivity contribution in [2.24, 2.45) is 0 Å². The average Bonchev–Trinajstić information content (AvgIpc) is 2.86. The average molecular weight is 337 g/mol. The second kappa shape index (κ2) is 6.62. The molecule has 1 heterocycles. The van der Waals surface area contributed by atoms with Gasteiger partial charge in [-0.15, -0.1) is 11.3 Å². The van der Waals surface area contributed by atoms with Gasteiger partial charge in [-0.25, -0.2) is 8.42 Å². The highest BCUT2D eigenvalue weighted by Crippen LogP contribution is 2.25. The maximum atomic E-state index is 12.4. The van der Waals surface area contributed by atoms with Crippen LogP contribution >= 0.6 is 11.3 Å². The maximum absolute atomic E-state index is 12.4. The molecule has 4 nitrogen and oxygen atoms in total. The highest BCUT2D eigenvalue weighted by molar-refractivity contribution is 7.89. The Morgan fingerprint density at radius 1 is 1.27 bits per heavy atom. The third-order valence-electron chi connectivity index (χ3n) is 3.14. The molecule has 1 amide bonds. The van der Waals surface area contributed by atoms with Crippen LogP contribution in [-0.2, 0) is 15.6 Å². The zero-order valence-corrected chi connectivity index (χ0v) is 14.4. The van der Waals surface area contributed by atoms with Crippen LogP contribution < -0.4 is 5.32 Å². The maximum Gasteiger partial charge on any atom is 0.266 e. The number of nitrogens with one attached hydrogen (secondary N) is 1. The van der Waals surface area contributed by atoms with Gasteiger partial charge in [0, 0.05) is 11.9 Å². The Kier molecular flexibility index (Phi) is 5.03. The second-order valence-electron chi connectivity index (χ2n) is 5.58. The molecule has 0 aliphatic heterocycles. The van der Waals surface area contributed by atoms with E-state index in [0.29, 0.717) is 16.1 Å². The van der Waals surface area contributed by atoms with Crippen LogP contribution in [0, 0.1) is 0 Å². The molecule has 0 aliphatic rings. The van der Waals surface area contributed by atoms with Crippen LogP contribution in [0.1, 0.15) is 40.6 Å². The summed E-state index contributed by atoms with van der Waals surface area (Å²) in [5.74, 6) is 0.0891. The summed E-state index contributed by atoms with van der Waals surface area (Å²) in [5, 5.41) is 4.75. The Hall–Kier alpha value is -1.66.